The third-order valence-corrected chi connectivity index (χ3v) is 4.30. The molecule has 2 heteroatoms. The molecule has 1 aromatic carbocycles. The first-order chi connectivity index (χ1) is 9.86. The Kier molecular flexibility index (Phi) is 4.98. The van der Waals surface area contributed by atoms with Gasteiger partial charge in [0.25, 0.3) is 0 Å². The molecule has 118 valence electrons. The average molecular weight is 289 g/mol. The van der Waals surface area contributed by atoms with Crippen LogP contribution in [0.15, 0.2) is 12.1 Å². The van der Waals surface area contributed by atoms with Gasteiger partial charge in [0, 0.05) is 23.6 Å². The van der Waals surface area contributed by atoms with Crippen LogP contribution in [0.4, 0.5) is 0 Å². The Morgan fingerprint density at radius 1 is 1.24 bits per heavy atom. The van der Waals surface area contributed by atoms with Crippen molar-refractivity contribution in [2.75, 3.05) is 6.54 Å². The molecule has 0 aliphatic carbocycles. The maximum atomic E-state index is 6.26. The van der Waals surface area contributed by atoms with E-state index in [2.05, 4.69) is 59.0 Å². The zero-order valence-corrected chi connectivity index (χ0v) is 14.5. The van der Waals surface area contributed by atoms with Gasteiger partial charge >= 0.3 is 0 Å². The molecule has 1 N–H and O–H groups in total. The van der Waals surface area contributed by atoms with Crippen molar-refractivity contribution in [1.82, 2.24) is 5.32 Å². The third-order valence-electron chi connectivity index (χ3n) is 4.30. The molecule has 0 bridgehead atoms. The first-order valence-corrected chi connectivity index (χ1v) is 8.44. The molecule has 2 nitrogen and oxygen atoms in total. The lowest BCUT2D eigenvalue weighted by molar-refractivity contribution is 0.162. The number of benzene rings is 1. The molecule has 2 atom stereocenters. The molecular formula is C19H31NO. The lowest BCUT2D eigenvalue weighted by Gasteiger charge is -2.35. The molecule has 0 aromatic heterocycles. The molecule has 1 aliphatic heterocycles. The normalized spacial score (nSPS) is 21.8. The van der Waals surface area contributed by atoms with E-state index in [1.807, 2.05) is 0 Å². The average Bonchev–Trinajstić information content (AvgIpc) is 2.42. The maximum Gasteiger partial charge on any atom is 0.128 e. The van der Waals surface area contributed by atoms with Crippen molar-refractivity contribution >= 4 is 0 Å². The largest absolute Gasteiger partial charge is 0.490 e. The van der Waals surface area contributed by atoms with E-state index < -0.39 is 0 Å². The molecule has 0 amide bonds. The van der Waals surface area contributed by atoms with Gasteiger partial charge in [-0.3, -0.25) is 0 Å². The highest BCUT2D eigenvalue weighted by molar-refractivity contribution is 5.50. The molecule has 0 radical (unpaired) electrons. The molecule has 0 saturated heterocycles. The number of rotatable bonds is 4. The highest BCUT2D eigenvalue weighted by Gasteiger charge is 2.31. The summed E-state index contributed by atoms with van der Waals surface area (Å²) in [4.78, 5) is 0. The summed E-state index contributed by atoms with van der Waals surface area (Å²) in [6.07, 6.45) is 3.58. The Balaban J connectivity index is 2.51. The van der Waals surface area contributed by atoms with Crippen LogP contribution < -0.4 is 10.1 Å². The van der Waals surface area contributed by atoms with E-state index in [0.717, 1.165) is 25.1 Å². The summed E-state index contributed by atoms with van der Waals surface area (Å²) in [5, 5.41) is 3.71. The Morgan fingerprint density at radius 2 is 1.95 bits per heavy atom. The number of hydrogen-bond donors (Lipinski definition) is 1. The van der Waals surface area contributed by atoms with Crippen molar-refractivity contribution in [3.8, 4) is 5.75 Å². The molecule has 2 unspecified atom stereocenters. The van der Waals surface area contributed by atoms with E-state index >= 15 is 0 Å². The summed E-state index contributed by atoms with van der Waals surface area (Å²) in [6, 6.07) is 5.12. The minimum Gasteiger partial charge on any atom is -0.490 e. The monoisotopic (exact) mass is 289 g/mol. The Hall–Kier alpha value is -1.02. The summed E-state index contributed by atoms with van der Waals surface area (Å²) in [5.41, 5.74) is 4.25. The Bertz CT molecular complexity index is 487. The van der Waals surface area contributed by atoms with E-state index in [1.54, 1.807) is 0 Å². The SMILES string of the molecule is CCCNC1CC(C)Oc2c1cc(CC)cc2C(C)(C)C. The Morgan fingerprint density at radius 3 is 2.52 bits per heavy atom. The van der Waals surface area contributed by atoms with Crippen LogP contribution in [0.1, 0.15) is 77.1 Å². The van der Waals surface area contributed by atoms with Crippen molar-refractivity contribution in [3.63, 3.8) is 0 Å². The van der Waals surface area contributed by atoms with Crippen LogP contribution in [0.5, 0.6) is 5.75 Å². The number of aryl methyl sites for hydroxylation is 1. The van der Waals surface area contributed by atoms with Gasteiger partial charge in [-0.25, -0.2) is 0 Å². The minimum atomic E-state index is 0.113. The zero-order chi connectivity index (χ0) is 15.6. The van der Waals surface area contributed by atoms with Gasteiger partial charge < -0.3 is 10.1 Å². The van der Waals surface area contributed by atoms with Gasteiger partial charge in [-0.2, -0.15) is 0 Å². The van der Waals surface area contributed by atoms with E-state index in [-0.39, 0.29) is 11.5 Å². The lowest BCUT2D eigenvalue weighted by atomic mass is 9.81. The quantitative estimate of drug-likeness (QED) is 0.863. The van der Waals surface area contributed by atoms with Crippen molar-refractivity contribution in [2.24, 2.45) is 0 Å². The molecule has 21 heavy (non-hydrogen) atoms. The summed E-state index contributed by atoms with van der Waals surface area (Å²) in [7, 11) is 0. The van der Waals surface area contributed by atoms with Crippen LogP contribution >= 0.6 is 0 Å². The fraction of sp³-hybridized carbons (Fsp3) is 0.684. The van der Waals surface area contributed by atoms with Crippen molar-refractivity contribution in [3.05, 3.63) is 28.8 Å². The van der Waals surface area contributed by atoms with Crippen LogP contribution in [0, 0.1) is 0 Å². The van der Waals surface area contributed by atoms with Gasteiger partial charge in [-0.05, 0) is 37.3 Å². The van der Waals surface area contributed by atoms with E-state index in [4.69, 9.17) is 4.74 Å². The topological polar surface area (TPSA) is 21.3 Å². The first kappa shape index (κ1) is 16.4. The van der Waals surface area contributed by atoms with Crippen molar-refractivity contribution < 1.29 is 4.74 Å². The third kappa shape index (κ3) is 3.60. The van der Waals surface area contributed by atoms with E-state index in [0.29, 0.717) is 6.04 Å². The highest BCUT2D eigenvalue weighted by Crippen LogP contribution is 2.43. The lowest BCUT2D eigenvalue weighted by Crippen LogP contribution is -2.33. The van der Waals surface area contributed by atoms with Gasteiger partial charge in [0.1, 0.15) is 5.75 Å². The van der Waals surface area contributed by atoms with Crippen molar-refractivity contribution in [1.29, 1.82) is 0 Å². The number of fused-ring (bicyclic) bond motifs is 1. The molecule has 0 spiro atoms. The van der Waals surface area contributed by atoms with Crippen LogP contribution in [0.2, 0.25) is 0 Å². The summed E-state index contributed by atoms with van der Waals surface area (Å²) < 4.78 is 6.26. The Labute approximate surface area is 130 Å². The number of nitrogens with one attached hydrogen (secondary N) is 1. The van der Waals surface area contributed by atoms with E-state index in [9.17, 15) is 0 Å². The second-order valence-electron chi connectivity index (χ2n) is 7.34. The van der Waals surface area contributed by atoms with Crippen LogP contribution in [0.25, 0.3) is 0 Å². The predicted octanol–water partition coefficient (Wildman–Crippen LogP) is 4.76. The summed E-state index contributed by atoms with van der Waals surface area (Å²) in [6.45, 7) is 14.5. The fourth-order valence-corrected chi connectivity index (χ4v) is 3.09. The van der Waals surface area contributed by atoms with Gasteiger partial charge in [0.15, 0.2) is 0 Å². The van der Waals surface area contributed by atoms with Crippen molar-refractivity contribution in [2.45, 2.75) is 78.4 Å². The first-order valence-electron chi connectivity index (χ1n) is 8.44. The zero-order valence-electron chi connectivity index (χ0n) is 14.5. The minimum absolute atomic E-state index is 0.113. The number of ether oxygens (including phenoxy) is 1. The fourth-order valence-electron chi connectivity index (χ4n) is 3.09. The molecule has 1 aromatic rings. The standard InChI is InChI=1S/C19H31NO/c1-7-9-20-17-10-13(3)21-18-15(17)11-14(8-2)12-16(18)19(4,5)6/h11-13,17,20H,7-10H2,1-6H3. The summed E-state index contributed by atoms with van der Waals surface area (Å²) in [5.74, 6) is 1.13. The van der Waals surface area contributed by atoms with Crippen LogP contribution in [0.3, 0.4) is 0 Å². The van der Waals surface area contributed by atoms with Crippen LogP contribution in [-0.4, -0.2) is 12.6 Å². The predicted molar refractivity (Wildman–Crippen MR) is 90.3 cm³/mol. The molecule has 0 saturated carbocycles. The van der Waals surface area contributed by atoms with Gasteiger partial charge in [-0.15, -0.1) is 0 Å². The highest BCUT2D eigenvalue weighted by atomic mass is 16.5. The maximum absolute atomic E-state index is 6.26. The number of hydrogen-bond acceptors (Lipinski definition) is 2. The second kappa shape index (κ2) is 6.39. The van der Waals surface area contributed by atoms with Gasteiger partial charge in [-0.1, -0.05) is 46.8 Å². The smallest absolute Gasteiger partial charge is 0.128 e. The van der Waals surface area contributed by atoms with Gasteiger partial charge in [0.05, 0.1) is 6.10 Å². The van der Waals surface area contributed by atoms with Gasteiger partial charge in [0.2, 0.25) is 0 Å². The molecular weight excluding hydrogens is 258 g/mol. The van der Waals surface area contributed by atoms with Crippen LogP contribution in [-0.2, 0) is 11.8 Å². The van der Waals surface area contributed by atoms with E-state index in [1.165, 1.54) is 23.1 Å². The molecule has 2 rings (SSSR count). The summed E-state index contributed by atoms with van der Waals surface area (Å²) >= 11 is 0. The second-order valence-corrected chi connectivity index (χ2v) is 7.34. The molecule has 1 aliphatic rings. The molecule has 1 heterocycles. The molecule has 0 fully saturated rings.